The van der Waals surface area contributed by atoms with Crippen LogP contribution >= 0.6 is 23.2 Å². The largest absolute Gasteiger partial charge is 0.281 e. The predicted octanol–water partition coefficient (Wildman–Crippen LogP) is 4.30. The van der Waals surface area contributed by atoms with Gasteiger partial charge in [0.1, 0.15) is 17.2 Å². The standard InChI is InChI=1S/C15H12Cl2FN3/c1-9-2-3-11(7-12(9)18)21-14(4-5-16)20-13-6-10(17)8-19-15(13)21/h2-3,6-8H,4-5H2,1H3. The Kier molecular flexibility index (Phi) is 3.83. The number of fused-ring (bicyclic) bond motifs is 1. The summed E-state index contributed by atoms with van der Waals surface area (Å²) >= 11 is 11.8. The van der Waals surface area contributed by atoms with E-state index in [1.165, 1.54) is 6.07 Å². The van der Waals surface area contributed by atoms with Crippen molar-refractivity contribution in [2.75, 3.05) is 5.88 Å². The lowest BCUT2D eigenvalue weighted by Gasteiger charge is -2.09. The molecule has 0 saturated heterocycles. The lowest BCUT2D eigenvalue weighted by Crippen LogP contribution is -2.03. The normalized spacial score (nSPS) is 11.2. The highest BCUT2D eigenvalue weighted by atomic mass is 35.5. The molecule has 0 unspecified atom stereocenters. The molecule has 0 bridgehead atoms. The number of rotatable bonds is 3. The van der Waals surface area contributed by atoms with Crippen molar-refractivity contribution < 1.29 is 4.39 Å². The molecule has 0 amide bonds. The van der Waals surface area contributed by atoms with Crippen molar-refractivity contribution in [3.05, 3.63) is 52.7 Å². The van der Waals surface area contributed by atoms with Crippen LogP contribution in [0.4, 0.5) is 4.39 Å². The molecule has 0 atom stereocenters. The second-order valence-corrected chi connectivity index (χ2v) is 5.55. The summed E-state index contributed by atoms with van der Waals surface area (Å²) in [6, 6.07) is 6.79. The predicted molar refractivity (Wildman–Crippen MR) is 83.0 cm³/mol. The van der Waals surface area contributed by atoms with Gasteiger partial charge in [-0.3, -0.25) is 4.57 Å². The summed E-state index contributed by atoms with van der Waals surface area (Å²) in [5, 5.41) is 0.514. The highest BCUT2D eigenvalue weighted by Crippen LogP contribution is 2.24. The first-order valence-electron chi connectivity index (χ1n) is 6.45. The fourth-order valence-corrected chi connectivity index (χ4v) is 2.55. The Morgan fingerprint density at radius 3 is 2.81 bits per heavy atom. The molecular weight excluding hydrogens is 312 g/mol. The van der Waals surface area contributed by atoms with Gasteiger partial charge in [0.15, 0.2) is 5.65 Å². The van der Waals surface area contributed by atoms with Crippen molar-refractivity contribution in [3.8, 4) is 5.69 Å². The summed E-state index contributed by atoms with van der Waals surface area (Å²) in [4.78, 5) is 8.82. The number of aromatic nitrogens is 3. The van der Waals surface area contributed by atoms with Crippen LogP contribution in [0.3, 0.4) is 0 Å². The summed E-state index contributed by atoms with van der Waals surface area (Å²) in [6.07, 6.45) is 2.11. The number of hydrogen-bond acceptors (Lipinski definition) is 2. The third-order valence-electron chi connectivity index (χ3n) is 3.27. The van der Waals surface area contributed by atoms with E-state index in [2.05, 4.69) is 9.97 Å². The molecule has 0 aliphatic carbocycles. The van der Waals surface area contributed by atoms with Gasteiger partial charge in [0, 0.05) is 18.5 Å². The second kappa shape index (κ2) is 5.62. The highest BCUT2D eigenvalue weighted by molar-refractivity contribution is 6.31. The zero-order chi connectivity index (χ0) is 15.0. The zero-order valence-electron chi connectivity index (χ0n) is 11.3. The van der Waals surface area contributed by atoms with Crippen LogP contribution in [0.25, 0.3) is 16.9 Å². The summed E-state index contributed by atoms with van der Waals surface area (Å²) in [5.41, 5.74) is 2.58. The molecule has 3 rings (SSSR count). The maximum Gasteiger partial charge on any atom is 0.164 e. The summed E-state index contributed by atoms with van der Waals surface area (Å²) in [6.45, 7) is 1.73. The topological polar surface area (TPSA) is 30.7 Å². The minimum absolute atomic E-state index is 0.264. The average Bonchev–Trinajstić information content (AvgIpc) is 2.79. The number of nitrogens with zero attached hydrogens (tertiary/aromatic N) is 3. The Balaban J connectivity index is 2.27. The Morgan fingerprint density at radius 1 is 1.29 bits per heavy atom. The lowest BCUT2D eigenvalue weighted by molar-refractivity contribution is 0.617. The molecule has 2 heterocycles. The smallest absolute Gasteiger partial charge is 0.164 e. The van der Waals surface area contributed by atoms with E-state index in [1.54, 1.807) is 25.3 Å². The van der Waals surface area contributed by atoms with Crippen molar-refractivity contribution >= 4 is 34.4 Å². The van der Waals surface area contributed by atoms with E-state index in [1.807, 2.05) is 10.6 Å². The number of alkyl halides is 1. The molecule has 0 aliphatic heterocycles. The van der Waals surface area contributed by atoms with E-state index in [4.69, 9.17) is 23.2 Å². The molecule has 0 fully saturated rings. The Hall–Kier alpha value is -1.65. The molecule has 1 aromatic carbocycles. The number of halogens is 3. The molecular formula is C15H12Cl2FN3. The lowest BCUT2D eigenvalue weighted by atomic mass is 10.2. The van der Waals surface area contributed by atoms with Gasteiger partial charge < -0.3 is 0 Å². The number of imidazole rings is 1. The van der Waals surface area contributed by atoms with Crippen LogP contribution < -0.4 is 0 Å². The molecule has 0 spiro atoms. The van der Waals surface area contributed by atoms with Gasteiger partial charge in [0.25, 0.3) is 0 Å². The summed E-state index contributed by atoms with van der Waals surface area (Å²) < 4.78 is 15.7. The third-order valence-corrected chi connectivity index (χ3v) is 3.66. The summed E-state index contributed by atoms with van der Waals surface area (Å²) in [5.74, 6) is 0.893. The van der Waals surface area contributed by atoms with Crippen molar-refractivity contribution in [2.24, 2.45) is 0 Å². The quantitative estimate of drug-likeness (QED) is 0.673. The van der Waals surface area contributed by atoms with Crippen LogP contribution in [-0.4, -0.2) is 20.4 Å². The van der Waals surface area contributed by atoms with Gasteiger partial charge in [-0.25, -0.2) is 14.4 Å². The van der Waals surface area contributed by atoms with E-state index in [9.17, 15) is 4.39 Å². The minimum atomic E-state index is -0.264. The van der Waals surface area contributed by atoms with Crippen molar-refractivity contribution in [1.82, 2.24) is 14.5 Å². The van der Waals surface area contributed by atoms with Crippen LogP contribution in [0.5, 0.6) is 0 Å². The molecule has 21 heavy (non-hydrogen) atoms. The fraction of sp³-hybridized carbons (Fsp3) is 0.200. The average molecular weight is 324 g/mol. The van der Waals surface area contributed by atoms with Crippen molar-refractivity contribution in [2.45, 2.75) is 13.3 Å². The molecule has 0 aliphatic rings. The maximum atomic E-state index is 13.9. The Morgan fingerprint density at radius 2 is 2.10 bits per heavy atom. The second-order valence-electron chi connectivity index (χ2n) is 4.73. The maximum absolute atomic E-state index is 13.9. The van der Waals surface area contributed by atoms with E-state index in [0.717, 1.165) is 5.82 Å². The molecule has 108 valence electrons. The van der Waals surface area contributed by atoms with E-state index in [-0.39, 0.29) is 5.82 Å². The minimum Gasteiger partial charge on any atom is -0.281 e. The molecule has 2 aromatic heterocycles. The van der Waals surface area contributed by atoms with Gasteiger partial charge in [-0.1, -0.05) is 17.7 Å². The number of hydrogen-bond donors (Lipinski definition) is 0. The molecule has 0 radical (unpaired) electrons. The first-order valence-corrected chi connectivity index (χ1v) is 7.37. The van der Waals surface area contributed by atoms with Crippen LogP contribution in [0.1, 0.15) is 11.4 Å². The van der Waals surface area contributed by atoms with E-state index in [0.29, 0.717) is 39.7 Å². The van der Waals surface area contributed by atoms with Gasteiger partial charge in [0.2, 0.25) is 0 Å². The van der Waals surface area contributed by atoms with Crippen LogP contribution in [0.2, 0.25) is 5.02 Å². The fourth-order valence-electron chi connectivity index (χ4n) is 2.23. The van der Waals surface area contributed by atoms with Gasteiger partial charge in [-0.15, -0.1) is 11.6 Å². The van der Waals surface area contributed by atoms with Gasteiger partial charge in [-0.05, 0) is 30.7 Å². The first-order chi connectivity index (χ1) is 10.1. The Labute approximate surface area is 131 Å². The molecule has 3 aromatic rings. The van der Waals surface area contributed by atoms with Crippen molar-refractivity contribution in [1.29, 1.82) is 0 Å². The zero-order valence-corrected chi connectivity index (χ0v) is 12.8. The number of benzene rings is 1. The van der Waals surface area contributed by atoms with E-state index >= 15 is 0 Å². The van der Waals surface area contributed by atoms with Gasteiger partial charge in [0.05, 0.1) is 10.7 Å². The number of pyridine rings is 1. The van der Waals surface area contributed by atoms with Crippen molar-refractivity contribution in [3.63, 3.8) is 0 Å². The Bertz CT molecular complexity index is 814. The van der Waals surface area contributed by atoms with Gasteiger partial charge in [-0.2, -0.15) is 0 Å². The summed E-state index contributed by atoms with van der Waals surface area (Å²) in [7, 11) is 0. The highest BCUT2D eigenvalue weighted by Gasteiger charge is 2.14. The SMILES string of the molecule is Cc1ccc(-n2c(CCCl)nc3cc(Cl)cnc32)cc1F. The van der Waals surface area contributed by atoms with Crippen LogP contribution in [0.15, 0.2) is 30.5 Å². The third kappa shape index (κ3) is 2.61. The molecule has 0 N–H and O–H groups in total. The van der Waals surface area contributed by atoms with Crippen LogP contribution in [-0.2, 0) is 6.42 Å². The first kappa shape index (κ1) is 14.3. The van der Waals surface area contributed by atoms with Crippen LogP contribution in [0, 0.1) is 12.7 Å². The molecule has 3 nitrogen and oxygen atoms in total. The molecule has 0 saturated carbocycles. The van der Waals surface area contributed by atoms with E-state index < -0.39 is 0 Å². The van der Waals surface area contributed by atoms with Gasteiger partial charge >= 0.3 is 0 Å². The number of aryl methyl sites for hydroxylation is 2. The molecule has 6 heteroatoms. The monoisotopic (exact) mass is 323 g/mol.